The maximum atomic E-state index is 10.9. The van der Waals surface area contributed by atoms with Gasteiger partial charge in [0.15, 0.2) is 0 Å². The van der Waals surface area contributed by atoms with Crippen LogP contribution in [0.25, 0.3) is 0 Å². The van der Waals surface area contributed by atoms with Gasteiger partial charge in [-0.15, -0.1) is 0 Å². The van der Waals surface area contributed by atoms with Crippen molar-refractivity contribution in [3.8, 4) is 0 Å². The van der Waals surface area contributed by atoms with Crippen LogP contribution in [0.5, 0.6) is 0 Å². The average Bonchev–Trinajstić information content (AvgIpc) is 3.58. The first-order valence-electron chi connectivity index (χ1n) is 12.4. The minimum Gasteiger partial charge on any atom is -0.511 e. The zero-order valence-electron chi connectivity index (χ0n) is 20.9. The van der Waals surface area contributed by atoms with Crippen molar-refractivity contribution in [2.45, 2.75) is 53.9 Å². The number of aliphatic hydroxyl groups excluding tert-OH is 2. The highest BCUT2D eigenvalue weighted by atomic mass is 16.3. The SMILES string of the molecule is CCC1=C(C)C2=NC1=CC1=C(C)C3=C(O)CC(=C4CC(C)C(=CC5=NC(=C2)C(CO)=C5C)N4)C3=N1. The van der Waals surface area contributed by atoms with Gasteiger partial charge in [0.25, 0.3) is 0 Å². The van der Waals surface area contributed by atoms with E-state index in [0.717, 1.165) is 91.9 Å². The average molecular weight is 467 g/mol. The lowest BCUT2D eigenvalue weighted by Gasteiger charge is -2.07. The molecule has 0 aromatic carbocycles. The van der Waals surface area contributed by atoms with Gasteiger partial charge in [-0.2, -0.15) is 0 Å². The van der Waals surface area contributed by atoms with Crippen LogP contribution in [0.3, 0.4) is 0 Å². The van der Waals surface area contributed by atoms with Crippen LogP contribution in [0.15, 0.2) is 106 Å². The molecule has 0 amide bonds. The molecule has 0 radical (unpaired) electrons. The topological polar surface area (TPSA) is 89.6 Å². The molecule has 0 aromatic heterocycles. The quantitative estimate of drug-likeness (QED) is 0.507. The number of nitrogens with zero attached hydrogens (tertiary/aromatic N) is 3. The van der Waals surface area contributed by atoms with Crippen LogP contribution in [-0.4, -0.2) is 34.0 Å². The highest BCUT2D eigenvalue weighted by Crippen LogP contribution is 2.43. The van der Waals surface area contributed by atoms with Crippen molar-refractivity contribution >= 4 is 17.1 Å². The lowest BCUT2D eigenvalue weighted by atomic mass is 9.99. The molecule has 1 unspecified atom stereocenters. The van der Waals surface area contributed by atoms with Crippen molar-refractivity contribution in [3.05, 3.63) is 91.5 Å². The van der Waals surface area contributed by atoms with Gasteiger partial charge in [0.1, 0.15) is 5.76 Å². The standard InChI is InChI=1S/C29H30N4O2/c1-6-17-14(3)22-10-26-19(12-34)15(4)21(32-26)9-20-13(2)7-24(30-20)18-8-27(35)28-16(5)23(33-29(18)28)11-25(17)31-22/h9-11,13,30,34-35H,6-8,12H2,1-5H3. The number of rotatable bonds is 2. The molecule has 0 spiro atoms. The van der Waals surface area contributed by atoms with Gasteiger partial charge in [0, 0.05) is 40.5 Å². The Morgan fingerprint density at radius 1 is 0.943 bits per heavy atom. The molecule has 35 heavy (non-hydrogen) atoms. The van der Waals surface area contributed by atoms with Gasteiger partial charge >= 0.3 is 0 Å². The first-order chi connectivity index (χ1) is 16.8. The summed E-state index contributed by atoms with van der Waals surface area (Å²) in [6.45, 7) is 10.4. The summed E-state index contributed by atoms with van der Waals surface area (Å²) in [6, 6.07) is 0. The Morgan fingerprint density at radius 2 is 1.63 bits per heavy atom. The van der Waals surface area contributed by atoms with E-state index in [4.69, 9.17) is 15.0 Å². The fourth-order valence-electron chi connectivity index (χ4n) is 5.84. The molecular formula is C29H30N4O2. The summed E-state index contributed by atoms with van der Waals surface area (Å²) in [6.07, 6.45) is 8.36. The van der Waals surface area contributed by atoms with Gasteiger partial charge in [0.05, 0.1) is 40.8 Å². The van der Waals surface area contributed by atoms with Gasteiger partial charge in [-0.05, 0) is 74.1 Å². The van der Waals surface area contributed by atoms with E-state index in [-0.39, 0.29) is 12.5 Å². The third-order valence-corrected chi connectivity index (χ3v) is 7.97. The van der Waals surface area contributed by atoms with E-state index in [0.29, 0.717) is 12.2 Å². The molecule has 6 nitrogen and oxygen atoms in total. The minimum atomic E-state index is -0.0670. The van der Waals surface area contributed by atoms with Crippen molar-refractivity contribution in [1.29, 1.82) is 0 Å². The number of allylic oxidation sites excluding steroid dienone is 11. The van der Waals surface area contributed by atoms with Gasteiger partial charge in [-0.3, -0.25) is 0 Å². The van der Waals surface area contributed by atoms with Gasteiger partial charge in [-0.1, -0.05) is 13.8 Å². The Kier molecular flexibility index (Phi) is 4.87. The predicted octanol–water partition coefficient (Wildman–Crippen LogP) is 5.42. The Labute approximate surface area is 205 Å². The molecule has 178 valence electrons. The van der Waals surface area contributed by atoms with Crippen LogP contribution in [0.4, 0.5) is 0 Å². The maximum absolute atomic E-state index is 10.9. The lowest BCUT2D eigenvalue weighted by Crippen LogP contribution is -2.11. The molecule has 5 aliphatic heterocycles. The van der Waals surface area contributed by atoms with E-state index in [1.54, 1.807) is 0 Å². The summed E-state index contributed by atoms with van der Waals surface area (Å²) in [5.74, 6) is 0.679. The summed E-state index contributed by atoms with van der Waals surface area (Å²) in [4.78, 5) is 14.9. The van der Waals surface area contributed by atoms with Crippen molar-refractivity contribution in [3.63, 3.8) is 0 Å². The number of aliphatic imine (C=N–C) groups is 3. The van der Waals surface area contributed by atoms with Gasteiger partial charge in [-0.25, -0.2) is 15.0 Å². The molecule has 6 aliphatic rings. The Morgan fingerprint density at radius 3 is 2.34 bits per heavy atom. The highest BCUT2D eigenvalue weighted by Gasteiger charge is 2.37. The van der Waals surface area contributed by atoms with Crippen LogP contribution < -0.4 is 5.32 Å². The number of hydrogen-bond donors (Lipinski definition) is 3. The third kappa shape index (κ3) is 3.16. The van der Waals surface area contributed by atoms with E-state index in [9.17, 15) is 10.2 Å². The number of nitrogens with one attached hydrogen (secondary N) is 1. The first-order valence-corrected chi connectivity index (χ1v) is 12.4. The minimum absolute atomic E-state index is 0.0670. The highest BCUT2D eigenvalue weighted by molar-refractivity contribution is 6.21. The van der Waals surface area contributed by atoms with Crippen molar-refractivity contribution < 1.29 is 10.2 Å². The van der Waals surface area contributed by atoms with E-state index < -0.39 is 0 Å². The predicted molar refractivity (Wildman–Crippen MR) is 140 cm³/mol. The van der Waals surface area contributed by atoms with Gasteiger partial charge in [0.2, 0.25) is 0 Å². The van der Waals surface area contributed by atoms with Crippen molar-refractivity contribution in [1.82, 2.24) is 5.32 Å². The molecular weight excluding hydrogens is 436 g/mol. The van der Waals surface area contributed by atoms with Crippen LogP contribution in [0.1, 0.15) is 53.9 Å². The number of hydrogen-bond acceptors (Lipinski definition) is 6. The molecule has 0 saturated carbocycles. The van der Waals surface area contributed by atoms with E-state index in [1.165, 1.54) is 5.57 Å². The zero-order valence-corrected chi connectivity index (χ0v) is 20.9. The fraction of sp³-hybridized carbons (Fsp3) is 0.345. The normalized spacial score (nSPS) is 25.4. The van der Waals surface area contributed by atoms with Crippen molar-refractivity contribution in [2.24, 2.45) is 20.9 Å². The molecule has 6 rings (SSSR count). The summed E-state index contributed by atoms with van der Waals surface area (Å²) >= 11 is 0. The second kappa shape index (κ2) is 7.75. The molecule has 5 heterocycles. The second-order valence-corrected chi connectivity index (χ2v) is 10.0. The first kappa shape index (κ1) is 22.0. The van der Waals surface area contributed by atoms with Crippen molar-refractivity contribution in [2.75, 3.05) is 6.61 Å². The number of fused-ring (bicyclic) bond motifs is 5. The summed E-state index contributed by atoms with van der Waals surface area (Å²) in [5, 5.41) is 24.7. The fourth-order valence-corrected chi connectivity index (χ4v) is 5.84. The van der Waals surface area contributed by atoms with E-state index >= 15 is 0 Å². The van der Waals surface area contributed by atoms with Gasteiger partial charge < -0.3 is 15.5 Å². The Hall–Kier alpha value is -3.51. The Balaban J connectivity index is 1.62. The second-order valence-electron chi connectivity index (χ2n) is 10.0. The molecule has 3 N–H and O–H groups in total. The summed E-state index contributed by atoms with van der Waals surface area (Å²) in [7, 11) is 0. The molecule has 1 atom stereocenters. The van der Waals surface area contributed by atoms with Crippen LogP contribution in [-0.2, 0) is 0 Å². The molecule has 0 aromatic rings. The summed E-state index contributed by atoms with van der Waals surface area (Å²) in [5.41, 5.74) is 14.4. The lowest BCUT2D eigenvalue weighted by molar-refractivity contribution is 0.333. The molecule has 8 bridgehead atoms. The number of aliphatic hydroxyl groups is 2. The molecule has 6 heteroatoms. The molecule has 1 fully saturated rings. The Bertz CT molecular complexity index is 1460. The van der Waals surface area contributed by atoms with Crippen LogP contribution in [0, 0.1) is 5.92 Å². The smallest absolute Gasteiger partial charge is 0.106 e. The van der Waals surface area contributed by atoms with Crippen LogP contribution >= 0.6 is 0 Å². The van der Waals surface area contributed by atoms with Crippen LogP contribution in [0.2, 0.25) is 0 Å². The third-order valence-electron chi connectivity index (χ3n) is 7.97. The molecule has 1 aliphatic carbocycles. The summed E-state index contributed by atoms with van der Waals surface area (Å²) < 4.78 is 0. The monoisotopic (exact) mass is 466 g/mol. The van der Waals surface area contributed by atoms with E-state index in [1.807, 2.05) is 19.9 Å². The zero-order chi connectivity index (χ0) is 24.6. The largest absolute Gasteiger partial charge is 0.511 e. The van der Waals surface area contributed by atoms with E-state index in [2.05, 4.69) is 38.2 Å². The molecule has 1 saturated heterocycles. The maximum Gasteiger partial charge on any atom is 0.106 e.